The largest absolute Gasteiger partial charge is 0.480 e. The number of aliphatic hydroxyl groups excluding tert-OH is 1. The van der Waals surface area contributed by atoms with E-state index in [1.54, 1.807) is 18.9 Å². The Labute approximate surface area is 117 Å². The number of hydrogen-bond acceptors (Lipinski definition) is 5. The summed E-state index contributed by atoms with van der Waals surface area (Å²) in [4.78, 5) is 25.7. The van der Waals surface area contributed by atoms with Crippen LogP contribution in [0.15, 0.2) is 0 Å². The molecule has 0 radical (unpaired) electrons. The van der Waals surface area contributed by atoms with E-state index in [4.69, 9.17) is 19.7 Å². The van der Waals surface area contributed by atoms with Crippen LogP contribution in [0.1, 0.15) is 6.92 Å². The van der Waals surface area contributed by atoms with Gasteiger partial charge in [-0.25, -0.2) is 9.59 Å². The summed E-state index contributed by atoms with van der Waals surface area (Å²) in [7, 11) is 1.54. The molecule has 1 fully saturated rings. The molecule has 0 aliphatic carbocycles. The maximum Gasteiger partial charge on any atom is 0.329 e. The second-order valence-corrected chi connectivity index (χ2v) is 4.97. The lowest BCUT2D eigenvalue weighted by atomic mass is 9.97. The molecule has 8 nitrogen and oxygen atoms in total. The second kappa shape index (κ2) is 7.41. The summed E-state index contributed by atoms with van der Waals surface area (Å²) < 4.78 is 10.2. The first-order chi connectivity index (χ1) is 9.41. The van der Waals surface area contributed by atoms with Crippen LogP contribution in [0.25, 0.3) is 0 Å². The molecule has 1 saturated heterocycles. The molecule has 116 valence electrons. The van der Waals surface area contributed by atoms with E-state index in [2.05, 4.69) is 0 Å². The summed E-state index contributed by atoms with van der Waals surface area (Å²) in [6.07, 6.45) is 0. The molecule has 2 amide bonds. The number of carboxylic acids is 1. The van der Waals surface area contributed by atoms with Crippen molar-refractivity contribution in [3.8, 4) is 0 Å². The predicted octanol–water partition coefficient (Wildman–Crippen LogP) is -0.777. The molecular weight excluding hydrogens is 268 g/mol. The molecular formula is C12H22N2O6. The molecule has 2 N–H and O–H groups in total. The third kappa shape index (κ3) is 4.62. The first-order valence-electron chi connectivity index (χ1n) is 6.41. The van der Waals surface area contributed by atoms with Crippen molar-refractivity contribution in [2.45, 2.75) is 12.5 Å². The fraction of sp³-hybridized carbons (Fsp3) is 0.833. The number of ether oxygens (including phenoxy) is 2. The molecule has 20 heavy (non-hydrogen) atoms. The van der Waals surface area contributed by atoms with Crippen molar-refractivity contribution in [1.82, 2.24) is 9.80 Å². The van der Waals surface area contributed by atoms with Gasteiger partial charge in [-0.3, -0.25) is 0 Å². The van der Waals surface area contributed by atoms with Crippen molar-refractivity contribution in [2.24, 2.45) is 0 Å². The summed E-state index contributed by atoms with van der Waals surface area (Å²) in [5.41, 5.74) is -0.611. The van der Waals surface area contributed by atoms with Crippen molar-refractivity contribution in [3.05, 3.63) is 0 Å². The van der Waals surface area contributed by atoms with Crippen LogP contribution in [0.4, 0.5) is 4.79 Å². The van der Waals surface area contributed by atoms with Gasteiger partial charge in [-0.1, -0.05) is 0 Å². The van der Waals surface area contributed by atoms with E-state index in [0.29, 0.717) is 26.2 Å². The Balaban J connectivity index is 2.43. The minimum Gasteiger partial charge on any atom is -0.480 e. The lowest BCUT2D eigenvalue weighted by Crippen LogP contribution is -2.66. The number of urea groups is 1. The van der Waals surface area contributed by atoms with Gasteiger partial charge in [-0.2, -0.15) is 0 Å². The molecule has 1 heterocycles. The van der Waals surface area contributed by atoms with Gasteiger partial charge in [0.25, 0.3) is 0 Å². The van der Waals surface area contributed by atoms with Crippen LogP contribution < -0.4 is 0 Å². The Morgan fingerprint density at radius 3 is 2.50 bits per heavy atom. The number of amides is 2. The Hall–Kier alpha value is -1.38. The average Bonchev–Trinajstić information content (AvgIpc) is 2.37. The quantitative estimate of drug-likeness (QED) is 0.608. The molecule has 8 heteroatoms. The highest BCUT2D eigenvalue weighted by molar-refractivity contribution is 5.76. The predicted molar refractivity (Wildman–Crippen MR) is 69.5 cm³/mol. The van der Waals surface area contributed by atoms with Crippen LogP contribution in [0.2, 0.25) is 0 Å². The Morgan fingerprint density at radius 1 is 1.35 bits per heavy atom. The van der Waals surface area contributed by atoms with E-state index in [-0.39, 0.29) is 25.8 Å². The third-order valence-electron chi connectivity index (χ3n) is 3.07. The number of hydrogen-bond donors (Lipinski definition) is 2. The number of methoxy groups -OCH3 is 1. The molecule has 0 spiro atoms. The number of carbonyl (C=O) groups excluding carboxylic acids is 1. The molecule has 0 atom stereocenters. The van der Waals surface area contributed by atoms with Crippen LogP contribution >= 0.6 is 0 Å². The van der Waals surface area contributed by atoms with Gasteiger partial charge in [0, 0.05) is 20.2 Å². The van der Waals surface area contributed by atoms with Gasteiger partial charge in [-0.15, -0.1) is 0 Å². The fourth-order valence-corrected chi connectivity index (χ4v) is 2.05. The maximum absolute atomic E-state index is 12.2. The molecule has 0 bridgehead atoms. The van der Waals surface area contributed by atoms with E-state index < -0.39 is 11.6 Å². The number of rotatable bonds is 8. The van der Waals surface area contributed by atoms with Crippen molar-refractivity contribution >= 4 is 12.0 Å². The molecule has 0 unspecified atom stereocenters. The third-order valence-corrected chi connectivity index (χ3v) is 3.07. The number of aliphatic carboxylic acids is 1. The van der Waals surface area contributed by atoms with Gasteiger partial charge < -0.3 is 29.5 Å². The number of nitrogens with zero attached hydrogens (tertiary/aromatic N) is 2. The highest BCUT2D eigenvalue weighted by atomic mass is 16.5. The number of likely N-dealkylation sites (tertiary alicyclic amines) is 1. The van der Waals surface area contributed by atoms with Gasteiger partial charge >= 0.3 is 12.0 Å². The Morgan fingerprint density at radius 2 is 2.00 bits per heavy atom. The van der Waals surface area contributed by atoms with Crippen LogP contribution in [-0.4, -0.2) is 90.7 Å². The van der Waals surface area contributed by atoms with Gasteiger partial charge in [-0.05, 0) is 6.92 Å². The van der Waals surface area contributed by atoms with Crippen molar-refractivity contribution in [3.63, 3.8) is 0 Å². The van der Waals surface area contributed by atoms with E-state index in [9.17, 15) is 9.59 Å². The fourth-order valence-electron chi connectivity index (χ4n) is 2.05. The normalized spacial score (nSPS) is 16.6. The van der Waals surface area contributed by atoms with Crippen LogP contribution in [0.5, 0.6) is 0 Å². The number of carboxylic acid groups (broad SMARTS) is 1. The van der Waals surface area contributed by atoms with Gasteiger partial charge in [0.1, 0.15) is 12.2 Å². The topological polar surface area (TPSA) is 99.5 Å². The lowest BCUT2D eigenvalue weighted by Gasteiger charge is -2.48. The standard InChI is InChI=1S/C12H22N2O6/c1-12(20-7-10(16)17)8-14(9-12)11(18)13(3-5-15)4-6-19-2/h15H,3-9H2,1-2H3,(H,16,17). The minimum absolute atomic E-state index is 0.115. The van der Waals surface area contributed by atoms with Crippen LogP contribution in [0, 0.1) is 0 Å². The molecule has 1 aliphatic rings. The SMILES string of the molecule is COCCN(CCO)C(=O)N1CC(C)(OCC(=O)O)C1. The number of carbonyl (C=O) groups is 2. The maximum atomic E-state index is 12.2. The molecule has 0 aromatic carbocycles. The van der Waals surface area contributed by atoms with E-state index in [1.807, 2.05) is 0 Å². The van der Waals surface area contributed by atoms with Crippen molar-refractivity contribution < 1.29 is 29.3 Å². The molecule has 1 aliphatic heterocycles. The lowest BCUT2D eigenvalue weighted by molar-refractivity contribution is -0.160. The van der Waals surface area contributed by atoms with Crippen LogP contribution in [0.3, 0.4) is 0 Å². The van der Waals surface area contributed by atoms with Gasteiger partial charge in [0.2, 0.25) is 0 Å². The second-order valence-electron chi connectivity index (χ2n) is 4.97. The monoisotopic (exact) mass is 290 g/mol. The smallest absolute Gasteiger partial charge is 0.329 e. The summed E-state index contributed by atoms with van der Waals surface area (Å²) in [6.45, 7) is 3.00. The van der Waals surface area contributed by atoms with Gasteiger partial charge in [0.05, 0.1) is 26.3 Å². The average molecular weight is 290 g/mol. The first-order valence-corrected chi connectivity index (χ1v) is 6.41. The molecule has 0 saturated carbocycles. The molecule has 0 aromatic heterocycles. The summed E-state index contributed by atoms with van der Waals surface area (Å²) in [5.74, 6) is -1.03. The Kier molecular flexibility index (Phi) is 6.18. The van der Waals surface area contributed by atoms with E-state index in [1.165, 1.54) is 4.90 Å². The zero-order chi connectivity index (χ0) is 15.2. The highest BCUT2D eigenvalue weighted by Crippen LogP contribution is 2.25. The molecule has 1 rings (SSSR count). The van der Waals surface area contributed by atoms with Crippen molar-refractivity contribution in [1.29, 1.82) is 0 Å². The Bertz CT molecular complexity index is 343. The van der Waals surface area contributed by atoms with Crippen molar-refractivity contribution in [2.75, 3.05) is 53.1 Å². The minimum atomic E-state index is -1.03. The van der Waals surface area contributed by atoms with E-state index >= 15 is 0 Å². The van der Waals surface area contributed by atoms with E-state index in [0.717, 1.165) is 0 Å². The highest BCUT2D eigenvalue weighted by Gasteiger charge is 2.43. The zero-order valence-corrected chi connectivity index (χ0v) is 11.9. The van der Waals surface area contributed by atoms with Crippen LogP contribution in [-0.2, 0) is 14.3 Å². The summed E-state index contributed by atoms with van der Waals surface area (Å²) in [5, 5.41) is 17.5. The summed E-state index contributed by atoms with van der Waals surface area (Å²) >= 11 is 0. The first kappa shape index (κ1) is 16.7. The zero-order valence-electron chi connectivity index (χ0n) is 11.9. The summed E-state index contributed by atoms with van der Waals surface area (Å²) in [6, 6.07) is -0.201. The molecule has 0 aromatic rings. The number of aliphatic hydroxyl groups is 1. The van der Waals surface area contributed by atoms with Gasteiger partial charge in [0.15, 0.2) is 0 Å².